The monoisotopic (exact) mass is 427 g/mol. The van der Waals surface area contributed by atoms with E-state index in [0.717, 1.165) is 38.2 Å². The lowest BCUT2D eigenvalue weighted by Crippen LogP contribution is -2.49. The van der Waals surface area contributed by atoms with Gasteiger partial charge in [0.15, 0.2) is 0 Å². The topological polar surface area (TPSA) is 108 Å². The van der Waals surface area contributed by atoms with E-state index in [1.165, 1.54) is 0 Å². The number of nitrogens with one attached hydrogen (secondary N) is 1. The van der Waals surface area contributed by atoms with Crippen LogP contribution in [0.15, 0.2) is 29.5 Å². The van der Waals surface area contributed by atoms with Gasteiger partial charge < -0.3 is 19.4 Å². The Bertz CT molecular complexity index is 928. The third-order valence-electron chi connectivity index (χ3n) is 6.00. The van der Waals surface area contributed by atoms with Gasteiger partial charge in [0.25, 0.3) is 5.56 Å². The average molecular weight is 428 g/mol. The highest BCUT2D eigenvalue weighted by molar-refractivity contribution is 5.76. The molecule has 2 aromatic rings. The van der Waals surface area contributed by atoms with Gasteiger partial charge in [-0.1, -0.05) is 0 Å². The fourth-order valence-electron chi connectivity index (χ4n) is 4.21. The molecule has 1 amide bonds. The van der Waals surface area contributed by atoms with Crippen molar-refractivity contribution >= 4 is 17.5 Å². The summed E-state index contributed by atoms with van der Waals surface area (Å²) in [7, 11) is 0. The minimum atomic E-state index is -0.159. The van der Waals surface area contributed by atoms with E-state index in [1.54, 1.807) is 24.7 Å². The van der Waals surface area contributed by atoms with Crippen molar-refractivity contribution in [1.82, 2.24) is 25.1 Å². The van der Waals surface area contributed by atoms with Crippen LogP contribution >= 0.6 is 0 Å². The first-order chi connectivity index (χ1) is 15.1. The Kier molecular flexibility index (Phi) is 6.76. The number of hydrogen-bond acceptors (Lipinski definition) is 8. The number of nitrogens with zero attached hydrogens (tertiary/aromatic N) is 6. The number of aromatic nitrogens is 4. The van der Waals surface area contributed by atoms with Crippen LogP contribution in [0.25, 0.3) is 0 Å². The lowest BCUT2D eigenvalue weighted by Gasteiger charge is -2.34. The van der Waals surface area contributed by atoms with Crippen LogP contribution in [0, 0.1) is 6.92 Å². The number of hydrogen-bond donors (Lipinski definition) is 1. The third-order valence-corrected chi connectivity index (χ3v) is 6.00. The van der Waals surface area contributed by atoms with Crippen LogP contribution in [0.4, 0.5) is 11.6 Å². The first-order valence-electron chi connectivity index (χ1n) is 10.8. The number of anilines is 2. The molecule has 0 unspecified atom stereocenters. The van der Waals surface area contributed by atoms with Crippen molar-refractivity contribution < 1.29 is 9.53 Å². The van der Waals surface area contributed by atoms with E-state index >= 15 is 0 Å². The van der Waals surface area contributed by atoms with E-state index in [2.05, 4.69) is 30.0 Å². The summed E-state index contributed by atoms with van der Waals surface area (Å²) in [6, 6.07) is 2.00. The summed E-state index contributed by atoms with van der Waals surface area (Å²) < 4.78 is 5.87. The summed E-state index contributed by atoms with van der Waals surface area (Å²) in [5, 5.41) is 6.41. The van der Waals surface area contributed by atoms with Crippen LogP contribution in [0.1, 0.15) is 24.8 Å². The summed E-state index contributed by atoms with van der Waals surface area (Å²) in [6.45, 7) is 6.44. The van der Waals surface area contributed by atoms with Crippen LogP contribution in [0.3, 0.4) is 0 Å². The zero-order chi connectivity index (χ0) is 21.6. The van der Waals surface area contributed by atoms with Crippen LogP contribution < -0.4 is 15.4 Å². The summed E-state index contributed by atoms with van der Waals surface area (Å²) in [6.07, 6.45) is 7.60. The van der Waals surface area contributed by atoms with Gasteiger partial charge in [-0.3, -0.25) is 9.59 Å². The molecule has 0 bridgehead atoms. The van der Waals surface area contributed by atoms with Gasteiger partial charge in [0.2, 0.25) is 11.9 Å². The van der Waals surface area contributed by atoms with Crippen molar-refractivity contribution in [3.63, 3.8) is 0 Å². The fraction of sp³-hybridized carbons (Fsp3) is 0.571. The Balaban J connectivity index is 1.20. The van der Waals surface area contributed by atoms with Crippen molar-refractivity contribution in [2.24, 2.45) is 0 Å². The molecule has 2 saturated heterocycles. The zero-order valence-corrected chi connectivity index (χ0v) is 17.9. The van der Waals surface area contributed by atoms with Gasteiger partial charge in [-0.05, 0) is 25.8 Å². The molecule has 1 atom stereocenters. The molecule has 0 aliphatic carbocycles. The maximum absolute atomic E-state index is 12.5. The second-order valence-corrected chi connectivity index (χ2v) is 7.94. The third kappa shape index (κ3) is 5.01. The van der Waals surface area contributed by atoms with E-state index in [1.807, 2.05) is 11.8 Å². The molecular weight excluding hydrogens is 398 g/mol. The Morgan fingerprint density at radius 3 is 2.74 bits per heavy atom. The SMILES string of the molecule is Cc1c(N2CCC[C@H]2COCCC(=O)N2CCN(c3ncccn3)CC2)cn[nH]c1=O. The molecule has 2 fully saturated rings. The van der Waals surface area contributed by atoms with Gasteiger partial charge in [-0.2, -0.15) is 5.10 Å². The predicted molar refractivity (Wildman–Crippen MR) is 116 cm³/mol. The lowest BCUT2D eigenvalue weighted by atomic mass is 10.2. The minimum Gasteiger partial charge on any atom is -0.379 e. The quantitative estimate of drug-likeness (QED) is 0.640. The molecule has 1 N–H and O–H groups in total. The predicted octanol–water partition coefficient (Wildman–Crippen LogP) is 0.593. The second kappa shape index (κ2) is 9.86. The highest BCUT2D eigenvalue weighted by Gasteiger charge is 2.27. The number of amides is 1. The molecule has 0 radical (unpaired) electrons. The van der Waals surface area contributed by atoms with Crippen molar-refractivity contribution in [2.45, 2.75) is 32.2 Å². The number of ether oxygens (including phenoxy) is 1. The van der Waals surface area contributed by atoms with Crippen LogP contribution in [0.2, 0.25) is 0 Å². The molecule has 4 heterocycles. The van der Waals surface area contributed by atoms with E-state index in [-0.39, 0.29) is 17.5 Å². The standard InChI is InChI=1S/C21H29N7O3/c1-16-18(14-24-25-20(16)30)28-8-2-4-17(28)15-31-13-5-19(29)26-9-11-27(12-10-26)21-22-6-3-7-23-21/h3,6-7,14,17H,2,4-5,8-13,15H2,1H3,(H,25,30)/t17-/m0/s1. The van der Waals surface area contributed by atoms with E-state index in [9.17, 15) is 9.59 Å². The highest BCUT2D eigenvalue weighted by Crippen LogP contribution is 2.26. The molecule has 0 spiro atoms. The molecule has 4 rings (SSSR count). The first-order valence-corrected chi connectivity index (χ1v) is 10.8. The second-order valence-electron chi connectivity index (χ2n) is 7.94. The van der Waals surface area contributed by atoms with E-state index in [0.29, 0.717) is 44.2 Å². The molecule has 2 aromatic heterocycles. The van der Waals surface area contributed by atoms with Crippen molar-refractivity contribution in [2.75, 3.05) is 55.7 Å². The molecule has 31 heavy (non-hydrogen) atoms. The normalized spacial score (nSPS) is 19.1. The van der Waals surface area contributed by atoms with Gasteiger partial charge >= 0.3 is 0 Å². The Morgan fingerprint density at radius 2 is 1.97 bits per heavy atom. The summed E-state index contributed by atoms with van der Waals surface area (Å²) in [5.41, 5.74) is 1.39. The Hall–Kier alpha value is -3.01. The maximum Gasteiger partial charge on any atom is 0.269 e. The Labute approximate surface area is 181 Å². The number of aromatic amines is 1. The van der Waals surface area contributed by atoms with Crippen LogP contribution in [-0.4, -0.2) is 83.0 Å². The average Bonchev–Trinajstić information content (AvgIpc) is 3.27. The number of piperazine rings is 1. The molecule has 0 saturated carbocycles. The van der Waals surface area contributed by atoms with Crippen molar-refractivity contribution in [3.05, 3.63) is 40.6 Å². The number of H-pyrrole nitrogens is 1. The van der Waals surface area contributed by atoms with E-state index in [4.69, 9.17) is 4.74 Å². The molecule has 10 heteroatoms. The van der Waals surface area contributed by atoms with Gasteiger partial charge in [-0.15, -0.1) is 0 Å². The number of rotatable bonds is 7. The molecule has 2 aliphatic heterocycles. The number of carbonyl (C=O) groups excluding carboxylic acids is 1. The molecule has 0 aromatic carbocycles. The van der Waals surface area contributed by atoms with Crippen molar-refractivity contribution in [1.29, 1.82) is 0 Å². The largest absolute Gasteiger partial charge is 0.379 e. The van der Waals surface area contributed by atoms with Crippen LogP contribution in [0.5, 0.6) is 0 Å². The Morgan fingerprint density at radius 1 is 1.19 bits per heavy atom. The van der Waals surface area contributed by atoms with Gasteiger partial charge in [0.05, 0.1) is 37.6 Å². The van der Waals surface area contributed by atoms with Crippen LogP contribution in [-0.2, 0) is 9.53 Å². The van der Waals surface area contributed by atoms with Gasteiger partial charge in [0.1, 0.15) is 0 Å². The molecule has 10 nitrogen and oxygen atoms in total. The molecule has 166 valence electrons. The van der Waals surface area contributed by atoms with Crippen molar-refractivity contribution in [3.8, 4) is 0 Å². The summed E-state index contributed by atoms with van der Waals surface area (Å²) in [4.78, 5) is 39.1. The minimum absolute atomic E-state index is 0.117. The highest BCUT2D eigenvalue weighted by atomic mass is 16.5. The number of carbonyl (C=O) groups is 1. The zero-order valence-electron chi connectivity index (χ0n) is 17.9. The molecule has 2 aliphatic rings. The fourth-order valence-corrected chi connectivity index (χ4v) is 4.21. The lowest BCUT2D eigenvalue weighted by molar-refractivity contribution is -0.132. The summed E-state index contributed by atoms with van der Waals surface area (Å²) in [5.74, 6) is 0.830. The first kappa shape index (κ1) is 21.2. The smallest absolute Gasteiger partial charge is 0.269 e. The van der Waals surface area contributed by atoms with Gasteiger partial charge in [-0.25, -0.2) is 15.1 Å². The van der Waals surface area contributed by atoms with E-state index < -0.39 is 0 Å². The maximum atomic E-state index is 12.5. The van der Waals surface area contributed by atoms with Gasteiger partial charge in [0, 0.05) is 50.7 Å². The molecular formula is C21H29N7O3. The summed E-state index contributed by atoms with van der Waals surface area (Å²) >= 11 is 0.